The fourth-order valence-corrected chi connectivity index (χ4v) is 1.60. The van der Waals surface area contributed by atoms with E-state index in [4.69, 9.17) is 4.74 Å². The summed E-state index contributed by atoms with van der Waals surface area (Å²) >= 11 is 0. The lowest BCUT2D eigenvalue weighted by atomic mass is 10.3. The molecule has 0 bridgehead atoms. The molecule has 7 heteroatoms. The van der Waals surface area contributed by atoms with Gasteiger partial charge in [-0.2, -0.15) is 0 Å². The average molecular weight is 268 g/mol. The van der Waals surface area contributed by atoms with Crippen LogP contribution >= 0.6 is 0 Å². The van der Waals surface area contributed by atoms with E-state index in [0.717, 1.165) is 0 Å². The smallest absolute Gasteiger partial charge is 0.411 e. The van der Waals surface area contributed by atoms with Crippen LogP contribution in [0, 0.1) is 0 Å². The molecule has 0 unspecified atom stereocenters. The third-order valence-electron chi connectivity index (χ3n) is 1.91. The highest BCUT2D eigenvalue weighted by Crippen LogP contribution is 2.13. The molecule has 0 aromatic heterocycles. The number of carbonyl (C=O) groups excluding carboxylic acids is 2. The van der Waals surface area contributed by atoms with Gasteiger partial charge in [0.1, 0.15) is 6.23 Å². The van der Waals surface area contributed by atoms with Gasteiger partial charge < -0.3 is 14.8 Å². The Bertz CT molecular complexity index is 414. The molecule has 3 N–H and O–H groups in total. The zero-order chi connectivity index (χ0) is 13.6. The van der Waals surface area contributed by atoms with Crippen LogP contribution in [0.15, 0.2) is 24.3 Å². The van der Waals surface area contributed by atoms with Crippen molar-refractivity contribution in [2.45, 2.75) is 13.1 Å². The second kappa shape index (κ2) is 6.17. The zero-order valence-corrected chi connectivity index (χ0v) is 11.3. The molecule has 0 spiro atoms. The van der Waals surface area contributed by atoms with Crippen molar-refractivity contribution in [3.8, 4) is 0 Å². The lowest BCUT2D eigenvalue weighted by molar-refractivity contribution is -0.105. The molecule has 0 fully saturated rings. The molecule has 0 saturated heterocycles. The van der Waals surface area contributed by atoms with Crippen LogP contribution in [0.5, 0.6) is 0 Å². The van der Waals surface area contributed by atoms with Crippen molar-refractivity contribution in [3.63, 3.8) is 0 Å². The first-order chi connectivity index (χ1) is 8.40. The van der Waals surface area contributed by atoms with E-state index >= 15 is 0 Å². The number of hydrogen-bond acceptors (Lipinski definition) is 4. The van der Waals surface area contributed by atoms with Crippen molar-refractivity contribution in [1.82, 2.24) is 0 Å². The molecule has 2 amide bonds. The van der Waals surface area contributed by atoms with E-state index in [1.807, 2.05) is 0 Å². The molecule has 0 heterocycles. The lowest BCUT2D eigenvalue weighted by Crippen LogP contribution is -2.34. The topological polar surface area (TPSA) is 87.7 Å². The SMILES string of the molecule is C[Si](C)(O)COC(=O)Nc1ccc(NC=O)cc1. The predicted octanol–water partition coefficient (Wildman–Crippen LogP) is 1.54. The molecule has 0 saturated carbocycles. The van der Waals surface area contributed by atoms with E-state index in [0.29, 0.717) is 17.8 Å². The van der Waals surface area contributed by atoms with Crippen molar-refractivity contribution >= 4 is 32.2 Å². The first kappa shape index (κ1) is 14.2. The van der Waals surface area contributed by atoms with E-state index < -0.39 is 14.4 Å². The number of anilines is 2. The Morgan fingerprint density at radius 3 is 2.39 bits per heavy atom. The van der Waals surface area contributed by atoms with Crippen molar-refractivity contribution in [2.75, 3.05) is 16.9 Å². The van der Waals surface area contributed by atoms with Crippen molar-refractivity contribution < 1.29 is 19.1 Å². The molecule has 18 heavy (non-hydrogen) atoms. The third kappa shape index (κ3) is 5.46. The maximum atomic E-state index is 11.4. The number of amides is 2. The van der Waals surface area contributed by atoms with Gasteiger partial charge in [0.25, 0.3) is 0 Å². The first-order valence-corrected chi connectivity index (χ1v) is 8.52. The Kier molecular flexibility index (Phi) is 4.87. The van der Waals surface area contributed by atoms with Crippen LogP contribution in [-0.4, -0.2) is 31.8 Å². The van der Waals surface area contributed by atoms with Gasteiger partial charge in [-0.15, -0.1) is 0 Å². The van der Waals surface area contributed by atoms with Crippen molar-refractivity contribution in [3.05, 3.63) is 24.3 Å². The summed E-state index contributed by atoms with van der Waals surface area (Å²) in [5, 5.41) is 5.00. The molecule has 0 atom stereocenters. The standard InChI is InChI=1S/C11H16N2O4Si/c1-18(2,16)8-17-11(15)13-10-5-3-9(4-6-10)12-7-14/h3-7,16H,8H2,1-2H3,(H,12,14)(H,13,15). The Morgan fingerprint density at radius 1 is 1.33 bits per heavy atom. The highest BCUT2D eigenvalue weighted by atomic mass is 28.4. The lowest BCUT2D eigenvalue weighted by Gasteiger charge is -2.14. The number of ether oxygens (including phenoxy) is 1. The summed E-state index contributed by atoms with van der Waals surface area (Å²) in [5.41, 5.74) is 1.18. The molecule has 6 nitrogen and oxygen atoms in total. The second-order valence-electron chi connectivity index (χ2n) is 4.35. The van der Waals surface area contributed by atoms with Gasteiger partial charge in [0.05, 0.1) is 0 Å². The largest absolute Gasteiger partial charge is 0.450 e. The van der Waals surface area contributed by atoms with Gasteiger partial charge in [-0.3, -0.25) is 10.1 Å². The maximum absolute atomic E-state index is 11.4. The molecule has 1 aromatic rings. The number of benzene rings is 1. The van der Waals surface area contributed by atoms with Crippen LogP contribution < -0.4 is 10.6 Å². The van der Waals surface area contributed by atoms with Gasteiger partial charge in [-0.05, 0) is 37.4 Å². The Labute approximate surface area is 106 Å². The van der Waals surface area contributed by atoms with Crippen LogP contribution in [0.1, 0.15) is 0 Å². The molecule has 1 aromatic carbocycles. The fraction of sp³-hybridized carbons (Fsp3) is 0.273. The summed E-state index contributed by atoms with van der Waals surface area (Å²) in [6, 6.07) is 6.56. The molecular formula is C11H16N2O4Si. The minimum atomic E-state index is -2.39. The molecule has 98 valence electrons. The summed E-state index contributed by atoms with van der Waals surface area (Å²) in [5.74, 6) is 0. The van der Waals surface area contributed by atoms with Crippen LogP contribution in [0.4, 0.5) is 16.2 Å². The summed E-state index contributed by atoms with van der Waals surface area (Å²) in [6.45, 7) is 3.36. The average Bonchev–Trinajstić information content (AvgIpc) is 2.29. The number of nitrogens with one attached hydrogen (secondary N) is 2. The van der Waals surface area contributed by atoms with Crippen LogP contribution in [0.3, 0.4) is 0 Å². The van der Waals surface area contributed by atoms with Crippen molar-refractivity contribution in [2.24, 2.45) is 0 Å². The van der Waals surface area contributed by atoms with E-state index in [2.05, 4.69) is 10.6 Å². The van der Waals surface area contributed by atoms with Crippen LogP contribution in [-0.2, 0) is 9.53 Å². The van der Waals surface area contributed by atoms with Gasteiger partial charge in [0.15, 0.2) is 0 Å². The molecule has 0 radical (unpaired) electrons. The van der Waals surface area contributed by atoms with Gasteiger partial charge in [0, 0.05) is 11.4 Å². The number of carbonyl (C=O) groups is 2. The van der Waals surface area contributed by atoms with Crippen LogP contribution in [0.25, 0.3) is 0 Å². The van der Waals surface area contributed by atoms with Gasteiger partial charge in [-0.25, -0.2) is 4.79 Å². The Morgan fingerprint density at radius 2 is 1.89 bits per heavy atom. The molecule has 0 aliphatic carbocycles. The molecule has 0 aliphatic rings. The number of rotatable bonds is 5. The fourth-order valence-electron chi connectivity index (χ4n) is 1.11. The number of hydrogen-bond donors (Lipinski definition) is 3. The quantitative estimate of drug-likeness (QED) is 0.558. The van der Waals surface area contributed by atoms with Gasteiger partial charge in [-0.1, -0.05) is 0 Å². The van der Waals surface area contributed by atoms with E-state index in [9.17, 15) is 14.4 Å². The summed E-state index contributed by atoms with van der Waals surface area (Å²) in [4.78, 5) is 31.1. The minimum Gasteiger partial charge on any atom is -0.450 e. The van der Waals surface area contributed by atoms with Gasteiger partial charge in [0.2, 0.25) is 14.7 Å². The Hall–Kier alpha value is -1.86. The first-order valence-electron chi connectivity index (χ1n) is 5.37. The van der Waals surface area contributed by atoms with Crippen molar-refractivity contribution in [1.29, 1.82) is 0 Å². The summed E-state index contributed by atoms with van der Waals surface area (Å²) in [6.07, 6.45) is 0.00887. The Balaban J connectivity index is 2.47. The molecule has 1 rings (SSSR count). The van der Waals surface area contributed by atoms with Gasteiger partial charge >= 0.3 is 6.09 Å². The zero-order valence-electron chi connectivity index (χ0n) is 10.3. The highest BCUT2D eigenvalue weighted by Gasteiger charge is 2.19. The third-order valence-corrected chi connectivity index (χ3v) is 2.76. The van der Waals surface area contributed by atoms with E-state index in [-0.39, 0.29) is 6.23 Å². The minimum absolute atomic E-state index is 0.0453. The van der Waals surface area contributed by atoms with E-state index in [1.54, 1.807) is 37.4 Å². The second-order valence-corrected chi connectivity index (χ2v) is 8.27. The predicted molar refractivity (Wildman–Crippen MR) is 70.8 cm³/mol. The van der Waals surface area contributed by atoms with E-state index in [1.165, 1.54) is 0 Å². The molecule has 0 aliphatic heterocycles. The maximum Gasteiger partial charge on any atom is 0.411 e. The summed E-state index contributed by atoms with van der Waals surface area (Å²) < 4.78 is 4.88. The normalized spacial score (nSPS) is 10.6. The molecular weight excluding hydrogens is 252 g/mol. The monoisotopic (exact) mass is 268 g/mol. The summed E-state index contributed by atoms with van der Waals surface area (Å²) in [7, 11) is -2.39. The van der Waals surface area contributed by atoms with Crippen LogP contribution in [0.2, 0.25) is 13.1 Å². The highest BCUT2D eigenvalue weighted by molar-refractivity contribution is 6.69.